The van der Waals surface area contributed by atoms with E-state index in [4.69, 9.17) is 16.4 Å². The van der Waals surface area contributed by atoms with Gasteiger partial charge in [0.1, 0.15) is 0 Å². The second kappa shape index (κ2) is 5.72. The SMILES string of the molecule is CONC(=Nc1ccc(Cl)cc1C)N(C)C. The predicted molar refractivity (Wildman–Crippen MR) is 67.1 cm³/mol. The molecule has 0 heterocycles. The Morgan fingerprint density at radius 1 is 1.44 bits per heavy atom. The summed E-state index contributed by atoms with van der Waals surface area (Å²) in [5.74, 6) is 0.632. The Bertz CT molecular complexity index is 391. The Balaban J connectivity index is 3.02. The van der Waals surface area contributed by atoms with E-state index in [1.165, 1.54) is 0 Å². The molecule has 0 atom stereocenters. The maximum absolute atomic E-state index is 5.88. The Morgan fingerprint density at radius 2 is 2.12 bits per heavy atom. The zero-order valence-electron chi connectivity index (χ0n) is 9.91. The summed E-state index contributed by atoms with van der Waals surface area (Å²) in [5, 5.41) is 0.711. The molecule has 0 saturated carbocycles. The van der Waals surface area contributed by atoms with Crippen LogP contribution in [0, 0.1) is 6.92 Å². The van der Waals surface area contributed by atoms with Gasteiger partial charge in [-0.2, -0.15) is 0 Å². The summed E-state index contributed by atoms with van der Waals surface area (Å²) in [6.07, 6.45) is 0. The number of hydroxylamine groups is 1. The van der Waals surface area contributed by atoms with Crippen LogP contribution in [-0.2, 0) is 4.84 Å². The van der Waals surface area contributed by atoms with E-state index < -0.39 is 0 Å². The molecule has 0 aliphatic carbocycles. The fourth-order valence-corrected chi connectivity index (χ4v) is 1.39. The van der Waals surface area contributed by atoms with Crippen LogP contribution in [0.2, 0.25) is 5.02 Å². The Morgan fingerprint density at radius 3 is 2.62 bits per heavy atom. The number of nitrogens with one attached hydrogen (secondary N) is 1. The molecule has 88 valence electrons. The summed E-state index contributed by atoms with van der Waals surface area (Å²) in [5.41, 5.74) is 4.59. The van der Waals surface area contributed by atoms with Crippen molar-refractivity contribution >= 4 is 23.2 Å². The minimum atomic E-state index is 0.632. The molecule has 4 nitrogen and oxygen atoms in total. The molecule has 0 amide bonds. The van der Waals surface area contributed by atoms with E-state index in [2.05, 4.69) is 10.5 Å². The maximum Gasteiger partial charge on any atom is 0.223 e. The van der Waals surface area contributed by atoms with Crippen LogP contribution in [0.1, 0.15) is 5.56 Å². The summed E-state index contributed by atoms with van der Waals surface area (Å²) < 4.78 is 0. The first-order valence-electron chi connectivity index (χ1n) is 4.85. The lowest BCUT2D eigenvalue weighted by Crippen LogP contribution is -2.35. The summed E-state index contributed by atoms with van der Waals surface area (Å²) in [7, 11) is 5.32. The van der Waals surface area contributed by atoms with Crippen LogP contribution >= 0.6 is 11.6 Å². The van der Waals surface area contributed by atoms with Crippen molar-refractivity contribution in [3.63, 3.8) is 0 Å². The van der Waals surface area contributed by atoms with Gasteiger partial charge in [-0.05, 0) is 30.7 Å². The van der Waals surface area contributed by atoms with Crippen molar-refractivity contribution in [1.29, 1.82) is 0 Å². The minimum Gasteiger partial charge on any atom is -0.347 e. The van der Waals surface area contributed by atoms with Crippen LogP contribution in [0.25, 0.3) is 0 Å². The smallest absolute Gasteiger partial charge is 0.223 e. The molecule has 16 heavy (non-hydrogen) atoms. The molecule has 0 aromatic heterocycles. The van der Waals surface area contributed by atoms with Crippen molar-refractivity contribution in [2.24, 2.45) is 4.99 Å². The Labute approximate surface area is 101 Å². The molecule has 0 aliphatic heterocycles. The molecule has 1 N–H and O–H groups in total. The topological polar surface area (TPSA) is 36.9 Å². The lowest BCUT2D eigenvalue weighted by atomic mass is 10.2. The molecular formula is C11H16ClN3O. The third-order valence-corrected chi connectivity index (χ3v) is 2.24. The number of benzene rings is 1. The van der Waals surface area contributed by atoms with E-state index in [1.54, 1.807) is 7.11 Å². The highest BCUT2D eigenvalue weighted by atomic mass is 35.5. The molecule has 0 aliphatic rings. The van der Waals surface area contributed by atoms with Gasteiger partial charge in [-0.3, -0.25) is 4.84 Å². The number of guanidine groups is 1. The summed E-state index contributed by atoms with van der Waals surface area (Å²) >= 11 is 5.88. The van der Waals surface area contributed by atoms with Crippen molar-refractivity contribution in [3.05, 3.63) is 28.8 Å². The lowest BCUT2D eigenvalue weighted by Gasteiger charge is -2.16. The summed E-state index contributed by atoms with van der Waals surface area (Å²) in [6, 6.07) is 5.56. The molecular weight excluding hydrogens is 226 g/mol. The molecule has 5 heteroatoms. The molecule has 1 aromatic rings. The van der Waals surface area contributed by atoms with Crippen molar-refractivity contribution in [2.75, 3.05) is 21.2 Å². The van der Waals surface area contributed by atoms with Gasteiger partial charge in [0.15, 0.2) is 0 Å². The van der Waals surface area contributed by atoms with Gasteiger partial charge >= 0.3 is 0 Å². The average molecular weight is 242 g/mol. The first-order valence-corrected chi connectivity index (χ1v) is 5.23. The number of hydrogen-bond acceptors (Lipinski definition) is 2. The third kappa shape index (κ3) is 3.40. The molecule has 0 spiro atoms. The number of nitrogens with zero attached hydrogens (tertiary/aromatic N) is 2. The second-order valence-electron chi connectivity index (χ2n) is 3.57. The lowest BCUT2D eigenvalue weighted by molar-refractivity contribution is 0.135. The highest BCUT2D eigenvalue weighted by Gasteiger charge is 2.03. The van der Waals surface area contributed by atoms with Gasteiger partial charge in [-0.15, -0.1) is 0 Å². The molecule has 1 aromatic carbocycles. The van der Waals surface area contributed by atoms with Gasteiger partial charge in [0.25, 0.3) is 0 Å². The van der Waals surface area contributed by atoms with Gasteiger partial charge in [0.2, 0.25) is 5.96 Å². The van der Waals surface area contributed by atoms with Crippen LogP contribution in [0.4, 0.5) is 5.69 Å². The molecule has 1 rings (SSSR count). The standard InChI is InChI=1S/C11H16ClN3O/c1-8-7-9(12)5-6-10(8)13-11(14-16-4)15(2)3/h5-7H,1-4H3,(H,13,14). The van der Waals surface area contributed by atoms with Gasteiger partial charge in [-0.1, -0.05) is 11.6 Å². The first kappa shape index (κ1) is 12.8. The molecule has 0 bridgehead atoms. The fourth-order valence-electron chi connectivity index (χ4n) is 1.16. The summed E-state index contributed by atoms with van der Waals surface area (Å²) in [4.78, 5) is 11.1. The van der Waals surface area contributed by atoms with Crippen molar-refractivity contribution in [3.8, 4) is 0 Å². The fraction of sp³-hybridized carbons (Fsp3) is 0.364. The van der Waals surface area contributed by atoms with Crippen LogP contribution in [-0.4, -0.2) is 32.1 Å². The van der Waals surface area contributed by atoms with Gasteiger partial charge in [0, 0.05) is 19.1 Å². The number of rotatable bonds is 2. The van der Waals surface area contributed by atoms with Gasteiger partial charge < -0.3 is 4.90 Å². The number of hydrogen-bond donors (Lipinski definition) is 1. The number of halogens is 1. The monoisotopic (exact) mass is 241 g/mol. The zero-order chi connectivity index (χ0) is 12.1. The van der Waals surface area contributed by atoms with Gasteiger partial charge in [0.05, 0.1) is 12.8 Å². The number of aryl methyl sites for hydroxylation is 1. The molecule has 0 unspecified atom stereocenters. The van der Waals surface area contributed by atoms with E-state index in [1.807, 2.05) is 44.1 Å². The van der Waals surface area contributed by atoms with E-state index in [-0.39, 0.29) is 0 Å². The van der Waals surface area contributed by atoms with E-state index >= 15 is 0 Å². The first-order chi connectivity index (χ1) is 7.54. The quantitative estimate of drug-likeness (QED) is 0.491. The van der Waals surface area contributed by atoms with Crippen molar-refractivity contribution in [2.45, 2.75) is 6.92 Å². The molecule has 0 saturated heterocycles. The Kier molecular flexibility index (Phi) is 4.58. The van der Waals surface area contributed by atoms with Crippen LogP contribution < -0.4 is 5.48 Å². The highest BCUT2D eigenvalue weighted by molar-refractivity contribution is 6.30. The van der Waals surface area contributed by atoms with Gasteiger partial charge in [-0.25, -0.2) is 10.5 Å². The molecule has 0 radical (unpaired) electrons. The summed E-state index contributed by atoms with van der Waals surface area (Å²) in [6.45, 7) is 1.96. The largest absolute Gasteiger partial charge is 0.347 e. The van der Waals surface area contributed by atoms with E-state index in [0.717, 1.165) is 11.3 Å². The van der Waals surface area contributed by atoms with Crippen molar-refractivity contribution in [1.82, 2.24) is 10.4 Å². The zero-order valence-corrected chi connectivity index (χ0v) is 10.7. The third-order valence-electron chi connectivity index (χ3n) is 2.00. The van der Waals surface area contributed by atoms with Crippen molar-refractivity contribution < 1.29 is 4.84 Å². The van der Waals surface area contributed by atoms with E-state index in [9.17, 15) is 0 Å². The number of aliphatic imine (C=N–C) groups is 1. The predicted octanol–water partition coefficient (Wildman–Crippen LogP) is 2.35. The Hall–Kier alpha value is -1.26. The van der Waals surface area contributed by atoms with Crippen LogP contribution in [0.15, 0.2) is 23.2 Å². The normalized spacial score (nSPS) is 11.4. The van der Waals surface area contributed by atoms with E-state index in [0.29, 0.717) is 11.0 Å². The average Bonchev–Trinajstić information content (AvgIpc) is 2.20. The second-order valence-corrected chi connectivity index (χ2v) is 4.00. The molecule has 0 fully saturated rings. The van der Waals surface area contributed by atoms with Crippen LogP contribution in [0.3, 0.4) is 0 Å². The minimum absolute atomic E-state index is 0.632. The highest BCUT2D eigenvalue weighted by Crippen LogP contribution is 2.22. The maximum atomic E-state index is 5.88. The van der Waals surface area contributed by atoms with Crippen LogP contribution in [0.5, 0.6) is 0 Å².